The van der Waals surface area contributed by atoms with Crippen LogP contribution in [0.4, 0.5) is 0 Å². The molecule has 4 heteroatoms. The summed E-state index contributed by atoms with van der Waals surface area (Å²) in [6, 6.07) is 0. The van der Waals surface area contributed by atoms with Crippen LogP contribution in [0.2, 0.25) is 0 Å². The van der Waals surface area contributed by atoms with Crippen molar-refractivity contribution in [3.05, 3.63) is 11.1 Å². The van der Waals surface area contributed by atoms with Gasteiger partial charge in [-0.3, -0.25) is 0 Å². The van der Waals surface area contributed by atoms with Crippen molar-refractivity contribution in [2.24, 2.45) is 0 Å². The molecule has 0 spiro atoms. The van der Waals surface area contributed by atoms with Crippen molar-refractivity contribution >= 4 is 11.9 Å². The second-order valence-electron chi connectivity index (χ2n) is 5.08. The van der Waals surface area contributed by atoms with E-state index in [-0.39, 0.29) is 11.9 Å². The van der Waals surface area contributed by atoms with E-state index in [4.69, 9.17) is 9.47 Å². The van der Waals surface area contributed by atoms with E-state index >= 15 is 0 Å². The number of rotatable bonds is 11. The van der Waals surface area contributed by atoms with Gasteiger partial charge in [-0.05, 0) is 32.1 Å². The van der Waals surface area contributed by atoms with Crippen LogP contribution in [0.25, 0.3) is 0 Å². The monoisotopic (exact) mass is 298 g/mol. The lowest BCUT2D eigenvalue weighted by atomic mass is 9.99. The molecule has 0 heterocycles. The minimum atomic E-state index is -0.363. The average Bonchev–Trinajstić information content (AvgIpc) is 2.49. The third kappa shape index (κ3) is 7.88. The number of carbonyl (C=O) groups is 2. The minimum Gasteiger partial charge on any atom is -0.462 e. The lowest BCUT2D eigenvalue weighted by Gasteiger charge is -2.14. The van der Waals surface area contributed by atoms with Crippen LogP contribution in [-0.2, 0) is 19.1 Å². The summed E-state index contributed by atoms with van der Waals surface area (Å²) in [6.07, 6.45) is 5.32. The van der Waals surface area contributed by atoms with Gasteiger partial charge in [-0.1, -0.05) is 40.5 Å². The molecule has 0 aliphatic rings. The van der Waals surface area contributed by atoms with Crippen molar-refractivity contribution in [3.63, 3.8) is 0 Å². The van der Waals surface area contributed by atoms with Crippen LogP contribution in [0.1, 0.15) is 72.6 Å². The summed E-state index contributed by atoms with van der Waals surface area (Å²) in [5, 5.41) is 0. The van der Waals surface area contributed by atoms with Crippen molar-refractivity contribution in [1.82, 2.24) is 0 Å². The first kappa shape index (κ1) is 19.7. The van der Waals surface area contributed by atoms with Gasteiger partial charge in [-0.2, -0.15) is 0 Å². The molecule has 0 unspecified atom stereocenters. The van der Waals surface area contributed by atoms with Gasteiger partial charge in [0.05, 0.1) is 13.2 Å². The Kier molecular flexibility index (Phi) is 11.6. The van der Waals surface area contributed by atoms with Crippen LogP contribution in [-0.4, -0.2) is 25.2 Å². The molecule has 0 saturated heterocycles. The van der Waals surface area contributed by atoms with Gasteiger partial charge in [-0.25, -0.2) is 9.59 Å². The van der Waals surface area contributed by atoms with Crippen molar-refractivity contribution < 1.29 is 19.1 Å². The molecule has 0 atom stereocenters. The van der Waals surface area contributed by atoms with Crippen molar-refractivity contribution in [2.75, 3.05) is 13.2 Å². The largest absolute Gasteiger partial charge is 0.462 e. The molecule has 0 aromatic carbocycles. The molecular weight excluding hydrogens is 268 g/mol. The zero-order valence-corrected chi connectivity index (χ0v) is 14.0. The SMILES string of the molecule is CCCC/C(C(=O)OCCC)=C(\CCC)C(=O)OCCC. The van der Waals surface area contributed by atoms with Gasteiger partial charge >= 0.3 is 11.9 Å². The maximum atomic E-state index is 12.2. The fraction of sp³-hybridized carbons (Fsp3) is 0.765. The summed E-state index contributed by atoms with van der Waals surface area (Å²) >= 11 is 0. The van der Waals surface area contributed by atoms with Gasteiger partial charge in [0.25, 0.3) is 0 Å². The van der Waals surface area contributed by atoms with Crippen LogP contribution in [0.15, 0.2) is 11.1 Å². The molecule has 0 rings (SSSR count). The highest BCUT2D eigenvalue weighted by Gasteiger charge is 2.22. The number of hydrogen-bond acceptors (Lipinski definition) is 4. The predicted octanol–water partition coefficient (Wildman–Crippen LogP) is 4.18. The molecule has 4 nitrogen and oxygen atoms in total. The van der Waals surface area contributed by atoms with E-state index in [1.54, 1.807) is 0 Å². The Morgan fingerprint density at radius 1 is 0.667 bits per heavy atom. The fourth-order valence-electron chi connectivity index (χ4n) is 1.92. The molecule has 0 fully saturated rings. The number of hydrogen-bond donors (Lipinski definition) is 0. The maximum absolute atomic E-state index is 12.2. The first-order valence-electron chi connectivity index (χ1n) is 8.18. The molecular formula is C17H30O4. The fourth-order valence-corrected chi connectivity index (χ4v) is 1.92. The molecule has 0 aliphatic heterocycles. The quantitative estimate of drug-likeness (QED) is 0.424. The zero-order valence-electron chi connectivity index (χ0n) is 14.0. The Bertz CT molecular complexity index is 345. The summed E-state index contributed by atoms with van der Waals surface area (Å²) in [5.41, 5.74) is 1.01. The average molecular weight is 298 g/mol. The van der Waals surface area contributed by atoms with Crippen molar-refractivity contribution in [2.45, 2.75) is 72.6 Å². The van der Waals surface area contributed by atoms with E-state index in [0.717, 1.165) is 32.1 Å². The highest BCUT2D eigenvalue weighted by Crippen LogP contribution is 2.20. The van der Waals surface area contributed by atoms with E-state index in [9.17, 15) is 9.59 Å². The lowest BCUT2D eigenvalue weighted by molar-refractivity contribution is -0.142. The Balaban J connectivity index is 5.24. The summed E-state index contributed by atoms with van der Waals surface area (Å²) in [5.74, 6) is -0.722. The molecule has 0 amide bonds. The van der Waals surface area contributed by atoms with Gasteiger partial charge < -0.3 is 9.47 Å². The molecule has 0 radical (unpaired) electrons. The highest BCUT2D eigenvalue weighted by atomic mass is 16.5. The number of carbonyl (C=O) groups excluding carboxylic acids is 2. The Labute approximate surface area is 128 Å². The Morgan fingerprint density at radius 3 is 1.52 bits per heavy atom. The number of ether oxygens (including phenoxy) is 2. The maximum Gasteiger partial charge on any atom is 0.334 e. The molecule has 21 heavy (non-hydrogen) atoms. The predicted molar refractivity (Wildman–Crippen MR) is 84.0 cm³/mol. The third-order valence-electron chi connectivity index (χ3n) is 3.01. The molecule has 0 aliphatic carbocycles. The number of esters is 2. The van der Waals surface area contributed by atoms with Gasteiger partial charge in [0.1, 0.15) is 0 Å². The zero-order chi connectivity index (χ0) is 16.1. The second kappa shape index (κ2) is 12.4. The molecule has 0 N–H and O–H groups in total. The van der Waals surface area contributed by atoms with Crippen LogP contribution in [0, 0.1) is 0 Å². The van der Waals surface area contributed by atoms with Crippen LogP contribution in [0.5, 0.6) is 0 Å². The summed E-state index contributed by atoms with van der Waals surface area (Å²) in [7, 11) is 0. The molecule has 0 aromatic heterocycles. The number of unbranched alkanes of at least 4 members (excludes halogenated alkanes) is 1. The normalized spacial score (nSPS) is 11.8. The van der Waals surface area contributed by atoms with E-state index in [1.807, 2.05) is 20.8 Å². The minimum absolute atomic E-state index is 0.359. The van der Waals surface area contributed by atoms with E-state index in [0.29, 0.717) is 37.2 Å². The summed E-state index contributed by atoms with van der Waals surface area (Å²) < 4.78 is 10.4. The molecule has 0 aromatic rings. The van der Waals surface area contributed by atoms with E-state index in [1.165, 1.54) is 0 Å². The molecule has 0 bridgehead atoms. The van der Waals surface area contributed by atoms with Gasteiger partial charge in [0.2, 0.25) is 0 Å². The van der Waals surface area contributed by atoms with Crippen molar-refractivity contribution in [3.8, 4) is 0 Å². The molecule has 122 valence electrons. The second-order valence-corrected chi connectivity index (χ2v) is 5.08. The van der Waals surface area contributed by atoms with E-state index < -0.39 is 0 Å². The topological polar surface area (TPSA) is 52.6 Å². The van der Waals surface area contributed by atoms with Gasteiger partial charge in [0.15, 0.2) is 0 Å². The smallest absolute Gasteiger partial charge is 0.334 e. The van der Waals surface area contributed by atoms with Crippen molar-refractivity contribution in [1.29, 1.82) is 0 Å². The highest BCUT2D eigenvalue weighted by molar-refractivity contribution is 6.00. The summed E-state index contributed by atoms with van der Waals surface area (Å²) in [4.78, 5) is 24.4. The standard InChI is InChI=1S/C17H30O4/c1-5-9-11-15(17(19)21-13-8-4)14(10-6-2)16(18)20-12-7-3/h5-13H2,1-4H3/b15-14-. The molecule has 0 saturated carbocycles. The Morgan fingerprint density at radius 2 is 1.14 bits per heavy atom. The van der Waals surface area contributed by atoms with E-state index in [2.05, 4.69) is 6.92 Å². The van der Waals surface area contributed by atoms with Crippen LogP contribution >= 0.6 is 0 Å². The first-order valence-corrected chi connectivity index (χ1v) is 8.18. The Hall–Kier alpha value is -1.32. The lowest BCUT2D eigenvalue weighted by Crippen LogP contribution is -2.17. The van der Waals surface area contributed by atoms with Gasteiger partial charge in [-0.15, -0.1) is 0 Å². The van der Waals surface area contributed by atoms with Crippen LogP contribution in [0.3, 0.4) is 0 Å². The third-order valence-corrected chi connectivity index (χ3v) is 3.01. The first-order chi connectivity index (χ1) is 10.1. The summed E-state index contributed by atoms with van der Waals surface area (Å²) in [6.45, 7) is 8.72. The van der Waals surface area contributed by atoms with Crippen LogP contribution < -0.4 is 0 Å². The van der Waals surface area contributed by atoms with Gasteiger partial charge in [0, 0.05) is 11.1 Å².